The van der Waals surface area contributed by atoms with Crippen molar-refractivity contribution in [3.8, 4) is 0 Å². The maximum Gasteiger partial charge on any atom is 0.327 e. The fourth-order valence-corrected chi connectivity index (χ4v) is 1.81. The van der Waals surface area contributed by atoms with Crippen LogP contribution in [0.25, 0.3) is 0 Å². The molecule has 0 saturated carbocycles. The van der Waals surface area contributed by atoms with Crippen LogP contribution in [0.2, 0.25) is 0 Å². The van der Waals surface area contributed by atoms with Gasteiger partial charge >= 0.3 is 5.97 Å². The van der Waals surface area contributed by atoms with Gasteiger partial charge in [0.05, 0.1) is 19.3 Å². The second kappa shape index (κ2) is 8.42. The van der Waals surface area contributed by atoms with Crippen molar-refractivity contribution >= 4 is 23.6 Å². The van der Waals surface area contributed by atoms with Crippen LogP contribution >= 0.6 is 0 Å². The van der Waals surface area contributed by atoms with Crippen molar-refractivity contribution in [2.24, 2.45) is 0 Å². The summed E-state index contributed by atoms with van der Waals surface area (Å²) in [6.07, 6.45) is 1.40. The summed E-state index contributed by atoms with van der Waals surface area (Å²) >= 11 is 0. The van der Waals surface area contributed by atoms with Crippen LogP contribution in [0.1, 0.15) is 17.3 Å². The summed E-state index contributed by atoms with van der Waals surface area (Å²) in [5.41, 5.74) is 0.464. The zero-order valence-corrected chi connectivity index (χ0v) is 13.1. The molecule has 2 N–H and O–H groups in total. The van der Waals surface area contributed by atoms with E-state index in [0.29, 0.717) is 5.56 Å². The number of nitrogens with zero attached hydrogens (tertiary/aromatic N) is 3. The summed E-state index contributed by atoms with van der Waals surface area (Å²) in [5, 5.41) is 12.4. The molecular weight excluding hydrogens is 314 g/mol. The van der Waals surface area contributed by atoms with E-state index in [9.17, 15) is 14.4 Å². The molecule has 0 aliphatic carbocycles. The smallest absolute Gasteiger partial charge is 0.327 e. The minimum Gasteiger partial charge on any atom is -0.465 e. The third-order valence-electron chi connectivity index (χ3n) is 2.85. The lowest BCUT2D eigenvalue weighted by molar-refractivity contribution is -0.144. The average Bonchev–Trinajstić information content (AvgIpc) is 3.00. The normalized spacial score (nSPS) is 10.0. The molecule has 0 radical (unpaired) electrons. The van der Waals surface area contributed by atoms with Crippen molar-refractivity contribution < 1.29 is 19.1 Å². The second-order valence-corrected chi connectivity index (χ2v) is 4.70. The monoisotopic (exact) mass is 331 g/mol. The molecule has 0 fully saturated rings. The first kappa shape index (κ1) is 17.1. The highest BCUT2D eigenvalue weighted by Gasteiger charge is 2.11. The first-order valence-electron chi connectivity index (χ1n) is 7.27. The van der Waals surface area contributed by atoms with E-state index in [2.05, 4.69) is 20.9 Å². The number of amides is 2. The Labute approximate surface area is 138 Å². The maximum atomic E-state index is 11.8. The predicted molar refractivity (Wildman–Crippen MR) is 84.1 cm³/mol. The molecule has 1 heterocycles. The fourth-order valence-electron chi connectivity index (χ4n) is 1.81. The van der Waals surface area contributed by atoms with Gasteiger partial charge in [-0.05, 0) is 19.1 Å². The molecule has 9 heteroatoms. The number of carbonyl (C=O) groups is 3. The van der Waals surface area contributed by atoms with Gasteiger partial charge in [0.15, 0.2) is 5.82 Å². The van der Waals surface area contributed by atoms with E-state index < -0.39 is 11.9 Å². The number of aromatic nitrogens is 3. The van der Waals surface area contributed by atoms with Gasteiger partial charge < -0.3 is 15.4 Å². The molecule has 1 aromatic carbocycles. The lowest BCUT2D eigenvalue weighted by Gasteiger charge is -2.04. The van der Waals surface area contributed by atoms with Gasteiger partial charge in [-0.25, -0.2) is 4.68 Å². The Morgan fingerprint density at radius 2 is 1.96 bits per heavy atom. The quantitative estimate of drug-likeness (QED) is 0.701. The predicted octanol–water partition coefficient (Wildman–Crippen LogP) is 0.210. The average molecular weight is 331 g/mol. The SMILES string of the molecule is CCOC(=O)Cn1cc(NC(=O)CNC(=O)c2ccccc2)nn1. The van der Waals surface area contributed by atoms with Crippen LogP contribution in [-0.2, 0) is 20.9 Å². The van der Waals surface area contributed by atoms with Gasteiger partial charge in [0, 0.05) is 5.56 Å². The van der Waals surface area contributed by atoms with Crippen LogP contribution in [0.5, 0.6) is 0 Å². The standard InChI is InChI=1S/C15H17N5O4/c1-2-24-14(22)10-20-9-12(18-19-20)17-13(21)8-16-15(23)11-6-4-3-5-7-11/h3-7,9H,2,8,10H2,1H3,(H,16,23)(H,17,21). The van der Waals surface area contributed by atoms with Crippen molar-refractivity contribution in [3.63, 3.8) is 0 Å². The van der Waals surface area contributed by atoms with Gasteiger partial charge in [0.2, 0.25) is 5.91 Å². The number of hydrogen-bond acceptors (Lipinski definition) is 6. The molecule has 24 heavy (non-hydrogen) atoms. The highest BCUT2D eigenvalue weighted by atomic mass is 16.5. The molecule has 0 atom stereocenters. The lowest BCUT2D eigenvalue weighted by Crippen LogP contribution is -2.32. The zero-order chi connectivity index (χ0) is 17.4. The highest BCUT2D eigenvalue weighted by Crippen LogP contribution is 2.01. The Balaban J connectivity index is 1.79. The number of esters is 1. The first-order valence-corrected chi connectivity index (χ1v) is 7.27. The summed E-state index contributed by atoms with van der Waals surface area (Å²) in [7, 11) is 0. The number of rotatable bonds is 7. The summed E-state index contributed by atoms with van der Waals surface area (Å²) in [4.78, 5) is 34.9. The summed E-state index contributed by atoms with van der Waals surface area (Å²) in [6.45, 7) is 1.67. The molecule has 1 aromatic heterocycles. The van der Waals surface area contributed by atoms with E-state index in [1.807, 2.05) is 0 Å². The van der Waals surface area contributed by atoms with Crippen molar-refractivity contribution in [1.82, 2.24) is 20.3 Å². The first-order chi connectivity index (χ1) is 11.6. The maximum absolute atomic E-state index is 11.8. The molecular formula is C15H17N5O4. The van der Waals surface area contributed by atoms with Crippen molar-refractivity contribution in [1.29, 1.82) is 0 Å². The molecule has 0 saturated heterocycles. The Hall–Kier alpha value is -3.23. The van der Waals surface area contributed by atoms with E-state index in [4.69, 9.17) is 4.74 Å². The molecule has 9 nitrogen and oxygen atoms in total. The number of hydrogen-bond donors (Lipinski definition) is 2. The topological polar surface area (TPSA) is 115 Å². The van der Waals surface area contributed by atoms with Crippen molar-refractivity contribution in [3.05, 3.63) is 42.1 Å². The number of benzene rings is 1. The number of anilines is 1. The third kappa shape index (κ3) is 5.20. The number of ether oxygens (including phenoxy) is 1. The van der Waals surface area contributed by atoms with Gasteiger partial charge in [-0.3, -0.25) is 14.4 Å². The summed E-state index contributed by atoms with van der Waals surface area (Å²) in [6, 6.07) is 8.55. The van der Waals surface area contributed by atoms with Crippen LogP contribution in [0.3, 0.4) is 0 Å². The molecule has 2 amide bonds. The highest BCUT2D eigenvalue weighted by molar-refractivity contribution is 5.98. The van der Waals surface area contributed by atoms with E-state index in [0.717, 1.165) is 0 Å². The molecule has 0 aliphatic rings. The minimum absolute atomic E-state index is 0.0958. The van der Waals surface area contributed by atoms with Gasteiger partial charge in [0.1, 0.15) is 6.54 Å². The molecule has 0 unspecified atom stereocenters. The molecule has 0 spiro atoms. The van der Waals surface area contributed by atoms with Crippen LogP contribution in [-0.4, -0.2) is 45.9 Å². The Bertz CT molecular complexity index is 714. The molecule has 126 valence electrons. The van der Waals surface area contributed by atoms with Gasteiger partial charge in [-0.15, -0.1) is 5.10 Å². The Kier molecular flexibility index (Phi) is 6.01. The summed E-state index contributed by atoms with van der Waals surface area (Å²) in [5.74, 6) is -1.08. The van der Waals surface area contributed by atoms with Crippen LogP contribution in [0.15, 0.2) is 36.5 Å². The number of nitrogens with one attached hydrogen (secondary N) is 2. The second-order valence-electron chi connectivity index (χ2n) is 4.70. The largest absolute Gasteiger partial charge is 0.465 e. The van der Waals surface area contributed by atoms with Gasteiger partial charge in [0.25, 0.3) is 5.91 Å². The van der Waals surface area contributed by atoms with E-state index in [1.165, 1.54) is 10.9 Å². The Morgan fingerprint density at radius 3 is 2.67 bits per heavy atom. The van der Waals surface area contributed by atoms with E-state index in [-0.39, 0.29) is 31.4 Å². The van der Waals surface area contributed by atoms with E-state index in [1.54, 1.807) is 37.3 Å². The van der Waals surface area contributed by atoms with Gasteiger partial charge in [-0.2, -0.15) is 0 Å². The number of carbonyl (C=O) groups excluding carboxylic acids is 3. The third-order valence-corrected chi connectivity index (χ3v) is 2.85. The van der Waals surface area contributed by atoms with Gasteiger partial charge in [-0.1, -0.05) is 23.4 Å². The fraction of sp³-hybridized carbons (Fsp3) is 0.267. The lowest BCUT2D eigenvalue weighted by atomic mass is 10.2. The minimum atomic E-state index is -0.456. The van der Waals surface area contributed by atoms with E-state index >= 15 is 0 Å². The van der Waals surface area contributed by atoms with Crippen molar-refractivity contribution in [2.75, 3.05) is 18.5 Å². The molecule has 0 bridgehead atoms. The van der Waals surface area contributed by atoms with Crippen molar-refractivity contribution in [2.45, 2.75) is 13.5 Å². The summed E-state index contributed by atoms with van der Waals surface area (Å²) < 4.78 is 6.03. The Morgan fingerprint density at radius 1 is 1.21 bits per heavy atom. The molecule has 2 rings (SSSR count). The molecule has 2 aromatic rings. The zero-order valence-electron chi connectivity index (χ0n) is 13.1. The van der Waals surface area contributed by atoms with Crippen LogP contribution < -0.4 is 10.6 Å². The van der Waals surface area contributed by atoms with Crippen LogP contribution in [0.4, 0.5) is 5.82 Å². The van der Waals surface area contributed by atoms with Crippen LogP contribution in [0, 0.1) is 0 Å². The molecule has 0 aliphatic heterocycles.